The smallest absolute Gasteiger partial charge is 0.287 e. The molecule has 4 N–H and O–H groups in total. The Morgan fingerprint density at radius 2 is 1.71 bits per heavy atom. The van der Waals surface area contributed by atoms with Crippen molar-refractivity contribution >= 4 is 22.8 Å². The Hall–Kier alpha value is -5.06. The van der Waals surface area contributed by atoms with E-state index in [4.69, 9.17) is 0 Å². The number of aryl methyl sites for hydroxylation is 1. The Morgan fingerprint density at radius 3 is 2.49 bits per heavy atom. The molecule has 3 aromatic heterocycles. The van der Waals surface area contributed by atoms with Gasteiger partial charge >= 0.3 is 0 Å². The van der Waals surface area contributed by atoms with Gasteiger partial charge in [-0.05, 0) is 18.2 Å². The van der Waals surface area contributed by atoms with Gasteiger partial charge in [0.15, 0.2) is 5.65 Å². The third-order valence-corrected chi connectivity index (χ3v) is 5.28. The number of rotatable bonds is 6. The van der Waals surface area contributed by atoms with Crippen molar-refractivity contribution in [1.82, 2.24) is 40.8 Å². The largest absolute Gasteiger partial charge is 0.310 e. The van der Waals surface area contributed by atoms with Crippen LogP contribution in [-0.2, 0) is 11.2 Å². The predicted molar refractivity (Wildman–Crippen MR) is 127 cm³/mol. The summed E-state index contributed by atoms with van der Waals surface area (Å²) < 4.78 is 1.57. The molecule has 0 atom stereocenters. The van der Waals surface area contributed by atoms with Crippen molar-refractivity contribution < 1.29 is 9.59 Å². The highest BCUT2D eigenvalue weighted by Crippen LogP contribution is 2.17. The molecule has 11 heteroatoms. The number of carbonyl (C=O) groups excluding carboxylic acids is 2. The molecule has 5 rings (SSSR count). The molecule has 0 unspecified atom stereocenters. The monoisotopic (exact) mass is 468 g/mol. The average Bonchev–Trinajstić information content (AvgIpc) is 3.55. The number of hydrazine groups is 1. The van der Waals surface area contributed by atoms with Crippen LogP contribution >= 0.6 is 0 Å². The maximum Gasteiger partial charge on any atom is 0.287 e. The molecule has 0 fully saturated rings. The van der Waals surface area contributed by atoms with Crippen molar-refractivity contribution in [1.29, 1.82) is 0 Å². The number of amides is 2. The fourth-order valence-corrected chi connectivity index (χ4v) is 3.52. The lowest BCUT2D eigenvalue weighted by atomic mass is 10.1. The number of aromatic nitrogens is 6. The van der Waals surface area contributed by atoms with E-state index in [2.05, 4.69) is 36.1 Å². The van der Waals surface area contributed by atoms with E-state index < -0.39 is 11.8 Å². The molecular weight excluding hydrogens is 448 g/mol. The lowest BCUT2D eigenvalue weighted by Gasteiger charge is -2.07. The van der Waals surface area contributed by atoms with E-state index in [1.54, 1.807) is 10.7 Å². The van der Waals surface area contributed by atoms with Crippen molar-refractivity contribution in [3.05, 3.63) is 94.8 Å². The first-order valence-corrected chi connectivity index (χ1v) is 10.8. The molecule has 0 aliphatic rings. The molecule has 0 bridgehead atoms. The number of H-pyrrole nitrogens is 2. The molecule has 3 heterocycles. The lowest BCUT2D eigenvalue weighted by Crippen LogP contribution is -2.41. The van der Waals surface area contributed by atoms with E-state index in [1.807, 2.05) is 60.7 Å². The molecular formula is C24H20N8O3. The van der Waals surface area contributed by atoms with Crippen LogP contribution in [0.4, 0.5) is 0 Å². The highest BCUT2D eigenvalue weighted by atomic mass is 16.2. The molecule has 11 nitrogen and oxygen atoms in total. The summed E-state index contributed by atoms with van der Waals surface area (Å²) in [6.07, 6.45) is 1.61. The molecule has 0 spiro atoms. The SMILES string of the molecule is O=C(CCc1nc2c(cnn2-c2ccccc2)c(=O)[nH]1)NNC(=O)c1cc(-c2ccccc2)n[nH]1. The normalized spacial score (nSPS) is 10.9. The number of carbonyl (C=O) groups is 2. The minimum atomic E-state index is -0.534. The molecule has 2 amide bonds. The third-order valence-electron chi connectivity index (χ3n) is 5.28. The number of nitrogens with zero attached hydrogens (tertiary/aromatic N) is 4. The molecule has 0 radical (unpaired) electrons. The Morgan fingerprint density at radius 1 is 0.971 bits per heavy atom. The van der Waals surface area contributed by atoms with Crippen LogP contribution in [0.1, 0.15) is 22.7 Å². The first-order valence-electron chi connectivity index (χ1n) is 10.8. The Kier molecular flexibility index (Phi) is 5.87. The third kappa shape index (κ3) is 4.69. The van der Waals surface area contributed by atoms with Gasteiger partial charge in [-0.15, -0.1) is 0 Å². The van der Waals surface area contributed by atoms with Gasteiger partial charge < -0.3 is 4.98 Å². The van der Waals surface area contributed by atoms with Crippen molar-refractivity contribution in [3.63, 3.8) is 0 Å². The molecule has 0 aliphatic heterocycles. The van der Waals surface area contributed by atoms with Crippen molar-refractivity contribution in [2.45, 2.75) is 12.8 Å². The van der Waals surface area contributed by atoms with E-state index in [9.17, 15) is 14.4 Å². The van der Waals surface area contributed by atoms with Gasteiger partial charge in [0.2, 0.25) is 5.91 Å². The zero-order valence-corrected chi connectivity index (χ0v) is 18.4. The fraction of sp³-hybridized carbons (Fsp3) is 0.0833. The molecule has 2 aromatic carbocycles. The van der Waals surface area contributed by atoms with Crippen molar-refractivity contribution in [3.8, 4) is 16.9 Å². The van der Waals surface area contributed by atoms with Crippen LogP contribution in [0.15, 0.2) is 77.7 Å². The topological polar surface area (TPSA) is 150 Å². The number of aromatic amines is 2. The highest BCUT2D eigenvalue weighted by molar-refractivity contribution is 5.94. The van der Waals surface area contributed by atoms with Gasteiger partial charge in [0.25, 0.3) is 11.5 Å². The second-order valence-electron chi connectivity index (χ2n) is 7.68. The van der Waals surface area contributed by atoms with E-state index in [0.717, 1.165) is 11.3 Å². The van der Waals surface area contributed by atoms with Crippen molar-refractivity contribution in [2.75, 3.05) is 0 Å². The van der Waals surface area contributed by atoms with E-state index in [1.165, 1.54) is 6.20 Å². The van der Waals surface area contributed by atoms with Crippen LogP contribution in [0.25, 0.3) is 28.0 Å². The van der Waals surface area contributed by atoms with E-state index >= 15 is 0 Å². The summed E-state index contributed by atoms with van der Waals surface area (Å²) in [5.74, 6) is -0.643. The van der Waals surface area contributed by atoms with Crippen LogP contribution in [0.5, 0.6) is 0 Å². The van der Waals surface area contributed by atoms with Crippen molar-refractivity contribution in [2.24, 2.45) is 0 Å². The second kappa shape index (κ2) is 9.43. The van der Waals surface area contributed by atoms with Gasteiger partial charge in [0, 0.05) is 18.4 Å². The number of benzene rings is 2. The molecule has 35 heavy (non-hydrogen) atoms. The van der Waals surface area contributed by atoms with Gasteiger partial charge in [-0.2, -0.15) is 10.2 Å². The summed E-state index contributed by atoms with van der Waals surface area (Å²) in [7, 11) is 0. The van der Waals surface area contributed by atoms with Crippen LogP contribution in [0.3, 0.4) is 0 Å². The zero-order valence-electron chi connectivity index (χ0n) is 18.4. The molecule has 0 saturated carbocycles. The average molecular weight is 468 g/mol. The van der Waals surface area contributed by atoms with Gasteiger partial charge in [-0.3, -0.25) is 30.3 Å². The Bertz CT molecular complexity index is 1550. The molecule has 0 saturated heterocycles. The lowest BCUT2D eigenvalue weighted by molar-refractivity contribution is -0.121. The van der Waals surface area contributed by atoms with Gasteiger partial charge in [-0.1, -0.05) is 48.5 Å². The van der Waals surface area contributed by atoms with Crippen LogP contribution < -0.4 is 16.4 Å². The summed E-state index contributed by atoms with van der Waals surface area (Å²) in [5, 5.41) is 11.4. The summed E-state index contributed by atoms with van der Waals surface area (Å²) in [6, 6.07) is 20.3. The fourth-order valence-electron chi connectivity index (χ4n) is 3.52. The standard InChI is InChI=1S/C24H20N8O3/c33-21(30-31-24(35)19-13-18(28-29-19)15-7-3-1-4-8-15)12-11-20-26-22-17(23(34)27-20)14-25-32(22)16-9-5-2-6-10-16/h1-10,13-14H,11-12H2,(H,28,29)(H,30,33)(H,31,35)(H,26,27,34). The maximum absolute atomic E-state index is 12.4. The number of fused-ring (bicyclic) bond motifs is 1. The summed E-state index contributed by atoms with van der Waals surface area (Å²) in [4.78, 5) is 44.2. The van der Waals surface area contributed by atoms with Gasteiger partial charge in [0.05, 0.1) is 17.6 Å². The second-order valence-corrected chi connectivity index (χ2v) is 7.68. The first-order chi connectivity index (χ1) is 17.1. The van der Waals surface area contributed by atoms with Crippen LogP contribution in [0, 0.1) is 0 Å². The summed E-state index contributed by atoms with van der Waals surface area (Å²) >= 11 is 0. The van der Waals surface area contributed by atoms with Crippen LogP contribution in [0.2, 0.25) is 0 Å². The molecule has 5 aromatic rings. The van der Waals surface area contributed by atoms with Gasteiger partial charge in [-0.25, -0.2) is 9.67 Å². The first kappa shape index (κ1) is 21.8. The highest BCUT2D eigenvalue weighted by Gasteiger charge is 2.14. The number of para-hydroxylation sites is 1. The number of hydrogen-bond donors (Lipinski definition) is 4. The predicted octanol–water partition coefficient (Wildman–Crippen LogP) is 1.89. The number of nitrogens with one attached hydrogen (secondary N) is 4. The van der Waals surface area contributed by atoms with E-state index in [-0.39, 0.29) is 24.1 Å². The quantitative estimate of drug-likeness (QED) is 0.280. The summed E-state index contributed by atoms with van der Waals surface area (Å²) in [6.45, 7) is 0. The molecule has 0 aliphatic carbocycles. The zero-order chi connectivity index (χ0) is 24.2. The maximum atomic E-state index is 12.4. The summed E-state index contributed by atoms with van der Waals surface area (Å²) in [5.41, 5.74) is 7.22. The van der Waals surface area contributed by atoms with Crippen LogP contribution in [-0.4, -0.2) is 41.8 Å². The number of hydrogen-bond acceptors (Lipinski definition) is 6. The minimum Gasteiger partial charge on any atom is -0.310 e. The minimum absolute atomic E-state index is 0.00750. The molecule has 174 valence electrons. The van der Waals surface area contributed by atoms with E-state index in [0.29, 0.717) is 22.6 Å². The Balaban J connectivity index is 1.21. The van der Waals surface area contributed by atoms with Gasteiger partial charge in [0.1, 0.15) is 16.9 Å². The Labute approximate surface area is 198 Å².